The van der Waals surface area contributed by atoms with Crippen LogP contribution in [0.5, 0.6) is 0 Å². The number of anilines is 1. The van der Waals surface area contributed by atoms with Crippen molar-refractivity contribution in [2.45, 2.75) is 26.0 Å². The van der Waals surface area contributed by atoms with Gasteiger partial charge in [-0.15, -0.1) is 0 Å². The molecule has 1 aromatic heterocycles. The summed E-state index contributed by atoms with van der Waals surface area (Å²) >= 11 is 0. The molecule has 4 heteroatoms. The number of ether oxygens (including phenoxy) is 1. The Labute approximate surface area is 103 Å². The first-order valence-corrected chi connectivity index (χ1v) is 6.26. The zero-order valence-corrected chi connectivity index (χ0v) is 10.6. The van der Waals surface area contributed by atoms with Gasteiger partial charge in [-0.25, -0.2) is 4.98 Å². The summed E-state index contributed by atoms with van der Waals surface area (Å²) in [4.78, 5) is 6.87. The topological polar surface area (TPSA) is 37.4 Å². The Hall–Kier alpha value is -1.13. The van der Waals surface area contributed by atoms with Gasteiger partial charge in [0, 0.05) is 38.0 Å². The highest BCUT2D eigenvalue weighted by atomic mass is 16.5. The van der Waals surface area contributed by atoms with Crippen LogP contribution in [0.3, 0.4) is 0 Å². The van der Waals surface area contributed by atoms with Crippen LogP contribution in [-0.4, -0.2) is 37.8 Å². The second kappa shape index (κ2) is 5.98. The Morgan fingerprint density at radius 3 is 3.29 bits per heavy atom. The van der Waals surface area contributed by atoms with Crippen LogP contribution in [0.1, 0.15) is 18.9 Å². The second-order valence-corrected chi connectivity index (χ2v) is 4.50. The highest BCUT2D eigenvalue weighted by molar-refractivity contribution is 5.46. The van der Waals surface area contributed by atoms with Crippen LogP contribution in [0.2, 0.25) is 0 Å². The first kappa shape index (κ1) is 12.3. The van der Waals surface area contributed by atoms with E-state index in [0.29, 0.717) is 0 Å². The molecule has 2 rings (SSSR count). The van der Waals surface area contributed by atoms with Gasteiger partial charge in [-0.3, -0.25) is 0 Å². The highest BCUT2D eigenvalue weighted by Gasteiger charge is 2.18. The van der Waals surface area contributed by atoms with Gasteiger partial charge >= 0.3 is 0 Å². The van der Waals surface area contributed by atoms with Crippen LogP contribution in [0.25, 0.3) is 0 Å². The average Bonchev–Trinajstić information content (AvgIpc) is 2.55. The molecule has 0 saturated carbocycles. The SMILES string of the molecule is CNCc1cccnc1N1CCCOC(C)C1. The monoisotopic (exact) mass is 235 g/mol. The van der Waals surface area contributed by atoms with Crippen molar-refractivity contribution in [2.75, 3.05) is 31.6 Å². The quantitative estimate of drug-likeness (QED) is 0.859. The van der Waals surface area contributed by atoms with E-state index >= 15 is 0 Å². The van der Waals surface area contributed by atoms with E-state index in [1.807, 2.05) is 19.3 Å². The molecule has 0 aromatic carbocycles. The minimum atomic E-state index is 0.280. The van der Waals surface area contributed by atoms with E-state index in [2.05, 4.69) is 28.2 Å². The fraction of sp³-hybridized carbons (Fsp3) is 0.615. The molecular weight excluding hydrogens is 214 g/mol. The maximum Gasteiger partial charge on any atom is 0.133 e. The third-order valence-electron chi connectivity index (χ3n) is 2.99. The second-order valence-electron chi connectivity index (χ2n) is 4.50. The maximum atomic E-state index is 5.67. The summed E-state index contributed by atoms with van der Waals surface area (Å²) in [5.41, 5.74) is 1.25. The van der Waals surface area contributed by atoms with Crippen molar-refractivity contribution >= 4 is 5.82 Å². The third kappa shape index (κ3) is 3.17. The van der Waals surface area contributed by atoms with Gasteiger partial charge in [-0.2, -0.15) is 0 Å². The van der Waals surface area contributed by atoms with Gasteiger partial charge in [0.15, 0.2) is 0 Å². The van der Waals surface area contributed by atoms with Crippen molar-refractivity contribution in [2.24, 2.45) is 0 Å². The lowest BCUT2D eigenvalue weighted by atomic mass is 10.2. The summed E-state index contributed by atoms with van der Waals surface area (Å²) in [5, 5.41) is 3.19. The molecule has 4 nitrogen and oxygen atoms in total. The predicted octanol–water partition coefficient (Wildman–Crippen LogP) is 1.42. The molecule has 17 heavy (non-hydrogen) atoms. The van der Waals surface area contributed by atoms with E-state index in [0.717, 1.165) is 38.5 Å². The first-order chi connectivity index (χ1) is 8.31. The van der Waals surface area contributed by atoms with Crippen LogP contribution in [-0.2, 0) is 11.3 Å². The normalized spacial score (nSPS) is 21.3. The molecule has 1 fully saturated rings. The van der Waals surface area contributed by atoms with Crippen LogP contribution < -0.4 is 10.2 Å². The Balaban J connectivity index is 2.19. The predicted molar refractivity (Wildman–Crippen MR) is 69.2 cm³/mol. The van der Waals surface area contributed by atoms with Gasteiger partial charge < -0.3 is 15.0 Å². The Bertz CT molecular complexity index is 356. The molecule has 0 bridgehead atoms. The van der Waals surface area contributed by atoms with Crippen molar-refractivity contribution in [3.63, 3.8) is 0 Å². The molecule has 1 aromatic rings. The summed E-state index contributed by atoms with van der Waals surface area (Å²) in [7, 11) is 1.96. The molecule has 0 amide bonds. The lowest BCUT2D eigenvalue weighted by Gasteiger charge is -2.25. The molecule has 1 aliphatic heterocycles. The maximum absolute atomic E-state index is 5.67. The van der Waals surface area contributed by atoms with E-state index in [-0.39, 0.29) is 6.10 Å². The zero-order valence-electron chi connectivity index (χ0n) is 10.6. The van der Waals surface area contributed by atoms with E-state index in [1.54, 1.807) is 0 Å². The van der Waals surface area contributed by atoms with Crippen molar-refractivity contribution in [3.8, 4) is 0 Å². The zero-order chi connectivity index (χ0) is 12.1. The number of nitrogens with zero attached hydrogens (tertiary/aromatic N) is 2. The van der Waals surface area contributed by atoms with E-state index in [4.69, 9.17) is 4.74 Å². The van der Waals surface area contributed by atoms with E-state index in [9.17, 15) is 0 Å². The van der Waals surface area contributed by atoms with Gasteiger partial charge in [0.25, 0.3) is 0 Å². The lowest BCUT2D eigenvalue weighted by Crippen LogP contribution is -2.32. The van der Waals surface area contributed by atoms with Gasteiger partial charge in [0.05, 0.1) is 6.10 Å². The molecule has 94 valence electrons. The minimum absolute atomic E-state index is 0.280. The summed E-state index contributed by atoms with van der Waals surface area (Å²) in [6.45, 7) is 5.78. The van der Waals surface area contributed by atoms with Crippen LogP contribution in [0.15, 0.2) is 18.3 Å². The summed E-state index contributed by atoms with van der Waals surface area (Å²) in [5.74, 6) is 1.10. The first-order valence-electron chi connectivity index (χ1n) is 6.26. The van der Waals surface area contributed by atoms with Crippen molar-refractivity contribution in [1.82, 2.24) is 10.3 Å². The van der Waals surface area contributed by atoms with Crippen LogP contribution in [0.4, 0.5) is 5.82 Å². The number of rotatable bonds is 3. The molecule has 0 radical (unpaired) electrons. The standard InChI is InChI=1S/C13H21N3O/c1-11-10-16(7-4-8-17-11)13-12(9-14-2)5-3-6-15-13/h3,5-6,11,14H,4,7-10H2,1-2H3. The number of hydrogen-bond acceptors (Lipinski definition) is 4. The molecule has 1 aliphatic rings. The summed E-state index contributed by atoms with van der Waals surface area (Å²) in [6.07, 6.45) is 3.21. The molecular formula is C13H21N3O. The van der Waals surface area contributed by atoms with E-state index < -0.39 is 0 Å². The van der Waals surface area contributed by atoms with Crippen LogP contribution >= 0.6 is 0 Å². The molecule has 0 spiro atoms. The number of aromatic nitrogens is 1. The number of hydrogen-bond donors (Lipinski definition) is 1. The fourth-order valence-corrected chi connectivity index (χ4v) is 2.23. The molecule has 0 aliphatic carbocycles. The number of nitrogens with one attached hydrogen (secondary N) is 1. The van der Waals surface area contributed by atoms with Gasteiger partial charge in [-0.1, -0.05) is 6.07 Å². The van der Waals surface area contributed by atoms with E-state index in [1.165, 1.54) is 5.56 Å². The van der Waals surface area contributed by atoms with Crippen molar-refractivity contribution < 1.29 is 4.74 Å². The van der Waals surface area contributed by atoms with Gasteiger partial charge in [0.2, 0.25) is 0 Å². The molecule has 2 heterocycles. The number of pyridine rings is 1. The Morgan fingerprint density at radius 1 is 1.59 bits per heavy atom. The smallest absolute Gasteiger partial charge is 0.133 e. The molecule has 1 unspecified atom stereocenters. The Kier molecular flexibility index (Phi) is 4.34. The lowest BCUT2D eigenvalue weighted by molar-refractivity contribution is 0.0820. The highest BCUT2D eigenvalue weighted by Crippen LogP contribution is 2.19. The van der Waals surface area contributed by atoms with Crippen LogP contribution in [0, 0.1) is 0 Å². The van der Waals surface area contributed by atoms with Gasteiger partial charge in [-0.05, 0) is 26.5 Å². The Morgan fingerprint density at radius 2 is 2.47 bits per heavy atom. The summed E-state index contributed by atoms with van der Waals surface area (Å²) < 4.78 is 5.67. The van der Waals surface area contributed by atoms with Crippen molar-refractivity contribution in [3.05, 3.63) is 23.9 Å². The van der Waals surface area contributed by atoms with Gasteiger partial charge in [0.1, 0.15) is 5.82 Å². The summed E-state index contributed by atoms with van der Waals surface area (Å²) in [6, 6.07) is 4.13. The van der Waals surface area contributed by atoms with Crippen molar-refractivity contribution in [1.29, 1.82) is 0 Å². The molecule has 1 atom stereocenters. The largest absolute Gasteiger partial charge is 0.377 e. The third-order valence-corrected chi connectivity index (χ3v) is 2.99. The fourth-order valence-electron chi connectivity index (χ4n) is 2.23. The minimum Gasteiger partial charge on any atom is -0.377 e. The molecule has 1 saturated heterocycles. The average molecular weight is 235 g/mol. The molecule has 1 N–H and O–H groups in total.